The molecule has 2 aliphatic rings. The van der Waals surface area contributed by atoms with Gasteiger partial charge in [0.15, 0.2) is 10.8 Å². The molecule has 0 spiro atoms. The van der Waals surface area contributed by atoms with Gasteiger partial charge in [0, 0.05) is 16.0 Å². The van der Waals surface area contributed by atoms with E-state index in [0.717, 1.165) is 26.8 Å². The molecule has 2 aromatic rings. The number of thioether (sulfide) groups is 1. The summed E-state index contributed by atoms with van der Waals surface area (Å²) in [5, 5.41) is 19.4. The van der Waals surface area contributed by atoms with Crippen molar-refractivity contribution in [2.75, 3.05) is 18.6 Å². The van der Waals surface area contributed by atoms with Gasteiger partial charge in [0.25, 0.3) is 11.8 Å². The number of oxime groups is 1. The standard InChI is InChI=1S/C19H18N6O5S3.Na/c1-8-11(33-7-21-8)4-3-9-5-31-17-13(16(27)25(17)14(9)18(28)29)23-15(26)12(24-30-2)10-6-32-19(20)22-10;/h3-4,6-7,13,17H,5H2,1-2H3,(H2,20,22)(H,23,26)(H,28,29);/q;+1/p-1/t13?,17-;/m0./s1. The number of carbonyl (C=O) groups excluding carboxylic acids is 3. The number of nitrogens with two attached hydrogens (primary N) is 1. The summed E-state index contributed by atoms with van der Waals surface area (Å²) in [6, 6.07) is -0.941. The quantitative estimate of drug-likeness (QED) is 0.165. The van der Waals surface area contributed by atoms with Gasteiger partial charge in [-0.05, 0) is 18.6 Å². The molecule has 0 radical (unpaired) electrons. The first kappa shape index (κ1) is 26.4. The number of β-lactam (4-membered cyclic amide) rings is 1. The largest absolute Gasteiger partial charge is 1.00 e. The van der Waals surface area contributed by atoms with Crippen molar-refractivity contribution in [1.82, 2.24) is 20.2 Å². The third kappa shape index (κ3) is 5.06. The molecule has 0 saturated carbocycles. The molecule has 2 aliphatic heterocycles. The molecule has 2 atom stereocenters. The number of amides is 2. The van der Waals surface area contributed by atoms with Crippen LogP contribution in [0, 0.1) is 6.92 Å². The van der Waals surface area contributed by atoms with Gasteiger partial charge in [-0.1, -0.05) is 11.2 Å². The molecule has 4 heterocycles. The molecule has 0 aliphatic carbocycles. The molecule has 1 fully saturated rings. The van der Waals surface area contributed by atoms with Crippen molar-refractivity contribution < 1.29 is 53.9 Å². The van der Waals surface area contributed by atoms with E-state index >= 15 is 0 Å². The molecule has 2 amide bonds. The molecule has 3 N–H and O–H groups in total. The van der Waals surface area contributed by atoms with Gasteiger partial charge in [-0.25, -0.2) is 9.97 Å². The van der Waals surface area contributed by atoms with Crippen LogP contribution >= 0.6 is 34.4 Å². The van der Waals surface area contributed by atoms with Gasteiger partial charge in [0.2, 0.25) is 0 Å². The number of carbonyl (C=O) groups is 3. The molecule has 4 rings (SSSR count). The van der Waals surface area contributed by atoms with E-state index in [1.165, 1.54) is 35.6 Å². The molecule has 2 aromatic heterocycles. The maximum absolute atomic E-state index is 12.8. The zero-order valence-electron chi connectivity index (χ0n) is 18.3. The fraction of sp³-hybridized carbons (Fsp3) is 0.263. The SMILES string of the molecule is CON=C(C(=O)NC1C(=O)N2C(C(=O)[O-])=C(C=Cc3scnc3C)CS[C@@H]12)c1csc(N)n1.[Na+]. The van der Waals surface area contributed by atoms with Crippen molar-refractivity contribution in [1.29, 1.82) is 0 Å². The zero-order valence-corrected chi connectivity index (χ0v) is 22.8. The molecule has 11 nitrogen and oxygen atoms in total. The summed E-state index contributed by atoms with van der Waals surface area (Å²) >= 11 is 3.89. The Morgan fingerprint density at radius 3 is 2.74 bits per heavy atom. The summed E-state index contributed by atoms with van der Waals surface area (Å²) < 4.78 is 0. The molecule has 15 heteroatoms. The van der Waals surface area contributed by atoms with Gasteiger partial charge in [-0.15, -0.1) is 34.4 Å². The summed E-state index contributed by atoms with van der Waals surface area (Å²) in [6.07, 6.45) is 3.42. The van der Waals surface area contributed by atoms with Gasteiger partial charge in [-0.2, -0.15) is 0 Å². The number of fused-ring (bicyclic) bond motifs is 1. The fourth-order valence-electron chi connectivity index (χ4n) is 3.31. The average Bonchev–Trinajstić information content (AvgIpc) is 3.40. The number of nitrogens with one attached hydrogen (secondary N) is 1. The minimum atomic E-state index is -1.46. The van der Waals surface area contributed by atoms with Gasteiger partial charge in [0.05, 0.1) is 22.9 Å². The van der Waals surface area contributed by atoms with E-state index in [0.29, 0.717) is 11.3 Å². The number of nitrogen functional groups attached to an aromatic ring is 1. The molecule has 1 unspecified atom stereocenters. The summed E-state index contributed by atoms with van der Waals surface area (Å²) in [6.45, 7) is 1.85. The van der Waals surface area contributed by atoms with E-state index in [2.05, 4.69) is 20.4 Å². The Morgan fingerprint density at radius 2 is 2.15 bits per heavy atom. The summed E-state index contributed by atoms with van der Waals surface area (Å²) in [5.74, 6) is -2.39. The first-order chi connectivity index (χ1) is 15.8. The first-order valence-corrected chi connectivity index (χ1v) is 12.2. The van der Waals surface area contributed by atoms with E-state index < -0.39 is 29.2 Å². The normalized spacial score (nSPS) is 20.0. The molecule has 34 heavy (non-hydrogen) atoms. The van der Waals surface area contributed by atoms with Crippen molar-refractivity contribution in [3.05, 3.63) is 44.5 Å². The Bertz CT molecular complexity index is 1220. The van der Waals surface area contributed by atoms with E-state index in [9.17, 15) is 19.5 Å². The Hall–Kier alpha value is -2.23. The number of anilines is 1. The summed E-state index contributed by atoms with van der Waals surface area (Å²) in [7, 11) is 1.27. The van der Waals surface area contributed by atoms with Gasteiger partial charge in [0.1, 0.15) is 24.2 Å². The third-order valence-electron chi connectivity index (χ3n) is 4.86. The molecule has 172 valence electrons. The number of nitrogens with zero attached hydrogens (tertiary/aromatic N) is 4. The molecule has 1 saturated heterocycles. The Balaban J connectivity index is 0.00000324. The van der Waals surface area contributed by atoms with E-state index in [4.69, 9.17) is 10.6 Å². The summed E-state index contributed by atoms with van der Waals surface area (Å²) in [5.41, 5.74) is 8.45. The number of aromatic nitrogens is 2. The summed E-state index contributed by atoms with van der Waals surface area (Å²) in [4.78, 5) is 52.4. The van der Waals surface area contributed by atoms with Crippen molar-refractivity contribution >= 4 is 69.1 Å². The minimum Gasteiger partial charge on any atom is -0.543 e. The topological polar surface area (TPSA) is 163 Å². The van der Waals surface area contributed by atoms with Gasteiger partial charge in [-0.3, -0.25) is 14.5 Å². The number of rotatable bonds is 7. The Kier molecular flexibility index (Phi) is 8.54. The van der Waals surface area contributed by atoms with Crippen LogP contribution in [-0.4, -0.2) is 62.6 Å². The smallest absolute Gasteiger partial charge is 0.543 e. The van der Waals surface area contributed by atoms with Crippen LogP contribution in [0.5, 0.6) is 0 Å². The number of carboxylic acids is 1. The van der Waals surface area contributed by atoms with E-state index in [1.54, 1.807) is 17.7 Å². The van der Waals surface area contributed by atoms with Crippen LogP contribution in [0.25, 0.3) is 6.08 Å². The average molecular weight is 529 g/mol. The molecular formula is C19H17N6NaO5S3. The number of carboxylic acid groups (broad SMARTS) is 1. The zero-order chi connectivity index (χ0) is 23.7. The third-order valence-corrected chi connectivity index (χ3v) is 7.73. The predicted molar refractivity (Wildman–Crippen MR) is 123 cm³/mol. The number of hydrogen-bond acceptors (Lipinski definition) is 12. The maximum atomic E-state index is 12.8. The maximum Gasteiger partial charge on any atom is 1.00 e. The second-order valence-corrected chi connectivity index (χ2v) is 9.73. The van der Waals surface area contributed by atoms with Crippen LogP contribution in [0.3, 0.4) is 0 Å². The van der Waals surface area contributed by atoms with Crippen LogP contribution in [-0.2, 0) is 19.2 Å². The second-order valence-electron chi connectivity index (χ2n) is 6.85. The number of thiazole rings is 2. The van der Waals surface area contributed by atoms with E-state index in [-0.39, 0.29) is 51.8 Å². The van der Waals surface area contributed by atoms with Crippen molar-refractivity contribution in [2.45, 2.75) is 18.3 Å². The van der Waals surface area contributed by atoms with Crippen LogP contribution in [0.15, 0.2) is 33.4 Å². The van der Waals surface area contributed by atoms with Gasteiger partial charge < -0.3 is 25.8 Å². The van der Waals surface area contributed by atoms with Crippen molar-refractivity contribution in [3.63, 3.8) is 0 Å². The number of hydrogen-bond donors (Lipinski definition) is 2. The predicted octanol–water partition coefficient (Wildman–Crippen LogP) is -3.04. The van der Waals surface area contributed by atoms with Crippen molar-refractivity contribution in [3.8, 4) is 0 Å². The van der Waals surface area contributed by atoms with Crippen molar-refractivity contribution in [2.24, 2.45) is 5.16 Å². The number of aryl methyl sites for hydroxylation is 1. The molecular weight excluding hydrogens is 511 g/mol. The van der Waals surface area contributed by atoms with Crippen LogP contribution in [0.1, 0.15) is 16.3 Å². The number of aliphatic carboxylic acids is 1. The molecule has 0 aromatic carbocycles. The monoisotopic (exact) mass is 528 g/mol. The Labute approximate surface area is 228 Å². The van der Waals surface area contributed by atoms with Gasteiger partial charge >= 0.3 is 29.6 Å². The van der Waals surface area contributed by atoms with Crippen LogP contribution < -0.4 is 45.7 Å². The van der Waals surface area contributed by atoms with E-state index in [1.807, 2.05) is 6.92 Å². The fourth-order valence-corrected chi connectivity index (χ4v) is 5.87. The second kappa shape index (κ2) is 11.0. The Morgan fingerprint density at radius 1 is 1.38 bits per heavy atom. The molecule has 0 bridgehead atoms. The minimum absolute atomic E-state index is 0. The first-order valence-electron chi connectivity index (χ1n) is 9.42. The number of allylic oxidation sites excluding steroid dienone is 1. The van der Waals surface area contributed by atoms with Crippen LogP contribution in [0.4, 0.5) is 5.13 Å². The van der Waals surface area contributed by atoms with Crippen LogP contribution in [0.2, 0.25) is 0 Å².